The number of hydrogen-bond acceptors (Lipinski definition) is 7. The number of hydrogen-bond donors (Lipinski definition) is 5. The van der Waals surface area contributed by atoms with E-state index in [0.29, 0.717) is 0 Å². The molecule has 0 fully saturated rings. The Labute approximate surface area is 71.0 Å². The van der Waals surface area contributed by atoms with Crippen LogP contribution >= 0.6 is 9.90 Å². The van der Waals surface area contributed by atoms with Gasteiger partial charge in [0.15, 0.2) is 0 Å². The van der Waals surface area contributed by atoms with Gasteiger partial charge in [-0.05, 0) is 0 Å². The first-order valence-corrected chi connectivity index (χ1v) is 3.50. The second-order valence-electron chi connectivity index (χ2n) is 1.56. The Morgan fingerprint density at radius 1 is 1.25 bits per heavy atom. The van der Waals surface area contributed by atoms with E-state index in [0.717, 1.165) is 0 Å². The van der Waals surface area contributed by atoms with Gasteiger partial charge in [0.1, 0.15) is 0 Å². The maximum Gasteiger partial charge on any atom is 0.400 e. The molecule has 0 aromatic carbocycles. The summed E-state index contributed by atoms with van der Waals surface area (Å²) in [5.41, 5.74) is 0. The Morgan fingerprint density at radius 3 is 1.67 bits per heavy atom. The van der Waals surface area contributed by atoms with Gasteiger partial charge >= 0.3 is 16.4 Å². The predicted molar refractivity (Wildman–Crippen MR) is 39.1 cm³/mol. The van der Waals surface area contributed by atoms with E-state index in [2.05, 4.69) is 4.18 Å². The highest BCUT2D eigenvalue weighted by atomic mass is 32.3. The average Bonchev–Trinajstić information content (AvgIpc) is 1.56. The van der Waals surface area contributed by atoms with Crippen LogP contribution in [0.5, 0.6) is 0 Å². The van der Waals surface area contributed by atoms with Gasteiger partial charge in [0.05, 0.1) is 0 Å². The fourth-order valence-corrected chi connectivity index (χ4v) is 0.539. The van der Waals surface area contributed by atoms with Crippen LogP contribution in [0.2, 0.25) is 0 Å². The first kappa shape index (κ1) is 14.7. The van der Waals surface area contributed by atoms with Gasteiger partial charge in [0.25, 0.3) is 6.29 Å². The molecular weight excluding hydrogens is 215 g/mol. The van der Waals surface area contributed by atoms with Crippen molar-refractivity contribution in [1.29, 1.82) is 0 Å². The van der Waals surface area contributed by atoms with E-state index in [1.807, 2.05) is 0 Å². The Hall–Kier alpha value is 0.140. The van der Waals surface area contributed by atoms with Gasteiger partial charge in [-0.3, -0.25) is 4.55 Å². The van der Waals surface area contributed by atoms with Gasteiger partial charge < -0.3 is 20.4 Å². The van der Waals surface area contributed by atoms with Crippen molar-refractivity contribution in [2.24, 2.45) is 0 Å². The zero-order chi connectivity index (χ0) is 9.28. The molecule has 0 saturated heterocycles. The average molecular weight is 224 g/mol. The Kier molecular flexibility index (Phi) is 5.37. The fraction of sp³-hybridized carbons (Fsp3) is 1.00. The minimum atomic E-state index is -5.04. The highest BCUT2D eigenvalue weighted by Gasteiger charge is 2.35. The minimum Gasteiger partial charge on any atom is -0.361 e. The molecule has 0 aromatic heterocycles. The normalized spacial score (nSPS) is 15.1. The summed E-state index contributed by atoms with van der Waals surface area (Å²) in [6.45, 7) is 0. The Morgan fingerprint density at radius 2 is 1.58 bits per heavy atom. The molecule has 0 aliphatic rings. The van der Waals surface area contributed by atoms with Crippen molar-refractivity contribution >= 4 is 20.3 Å². The van der Waals surface area contributed by atoms with Crippen LogP contribution in [0.3, 0.4) is 0 Å². The summed E-state index contributed by atoms with van der Waals surface area (Å²) in [6, 6.07) is 0. The van der Waals surface area contributed by atoms with Gasteiger partial charge in [-0.25, -0.2) is 4.18 Å². The Bertz CT molecular complexity index is 214. The molecule has 10 heteroatoms. The molecule has 0 aliphatic carbocycles. The molecule has 12 heavy (non-hydrogen) atoms. The van der Waals surface area contributed by atoms with Gasteiger partial charge in [-0.15, -0.1) is 0 Å². The smallest absolute Gasteiger partial charge is 0.361 e. The monoisotopic (exact) mass is 224 g/mol. The molecule has 0 amide bonds. The topological polar surface area (TPSA) is 145 Å². The maximum absolute atomic E-state index is 9.73. The second kappa shape index (κ2) is 4.40. The first-order chi connectivity index (χ1) is 4.63. The first-order valence-electron chi connectivity index (χ1n) is 2.14. The summed E-state index contributed by atoms with van der Waals surface area (Å²) < 4.78 is 30.4. The van der Waals surface area contributed by atoms with E-state index >= 15 is 0 Å². The standard InChI is InChI=1S/C2H6O8S.H3P/c3-1(2(4,5)6)10-11(7,8)9;/h1,3-6H,(H,7,8,9);1H3. The lowest BCUT2D eigenvalue weighted by Gasteiger charge is -2.18. The fourth-order valence-electron chi connectivity index (χ4n) is 0.180. The summed E-state index contributed by atoms with van der Waals surface area (Å²) in [5.74, 6) is -3.74. The molecule has 0 radical (unpaired) electrons. The van der Waals surface area contributed by atoms with Crippen molar-refractivity contribution in [1.82, 2.24) is 0 Å². The van der Waals surface area contributed by atoms with E-state index in [1.165, 1.54) is 0 Å². The van der Waals surface area contributed by atoms with Crippen LogP contribution < -0.4 is 0 Å². The molecule has 5 N–H and O–H groups in total. The summed E-state index contributed by atoms with van der Waals surface area (Å²) in [7, 11) is -5.04. The molecule has 2 atom stereocenters. The summed E-state index contributed by atoms with van der Waals surface area (Å²) in [5, 5.41) is 32.2. The molecule has 76 valence electrons. The predicted octanol–water partition coefficient (Wildman–Crippen LogP) is -3.19. The van der Waals surface area contributed by atoms with Crippen molar-refractivity contribution in [2.75, 3.05) is 0 Å². The molecule has 0 bridgehead atoms. The largest absolute Gasteiger partial charge is 0.400 e. The zero-order valence-electron chi connectivity index (χ0n) is 5.65. The number of aliphatic hydroxyl groups is 4. The van der Waals surface area contributed by atoms with E-state index in [4.69, 9.17) is 25.0 Å². The van der Waals surface area contributed by atoms with E-state index in [9.17, 15) is 8.42 Å². The zero-order valence-corrected chi connectivity index (χ0v) is 7.88. The minimum absolute atomic E-state index is 0. The van der Waals surface area contributed by atoms with Crippen molar-refractivity contribution in [2.45, 2.75) is 12.3 Å². The van der Waals surface area contributed by atoms with Crippen LogP contribution in [0.15, 0.2) is 0 Å². The number of rotatable bonds is 3. The Balaban J connectivity index is 0. The molecule has 0 spiro atoms. The molecule has 0 saturated carbocycles. The van der Waals surface area contributed by atoms with E-state index in [-0.39, 0.29) is 9.90 Å². The van der Waals surface area contributed by atoms with Crippen LogP contribution in [-0.2, 0) is 14.6 Å². The summed E-state index contributed by atoms with van der Waals surface area (Å²) in [4.78, 5) is 0. The summed E-state index contributed by atoms with van der Waals surface area (Å²) >= 11 is 0. The van der Waals surface area contributed by atoms with Gasteiger partial charge in [0, 0.05) is 0 Å². The van der Waals surface area contributed by atoms with Crippen molar-refractivity contribution in [3.63, 3.8) is 0 Å². The van der Waals surface area contributed by atoms with Gasteiger partial charge in [0.2, 0.25) is 0 Å². The lowest BCUT2D eigenvalue weighted by atomic mass is 10.5. The highest BCUT2D eigenvalue weighted by molar-refractivity contribution is 7.80. The van der Waals surface area contributed by atoms with Crippen LogP contribution in [0.25, 0.3) is 0 Å². The van der Waals surface area contributed by atoms with Crippen molar-refractivity contribution in [3.05, 3.63) is 0 Å². The second-order valence-corrected chi connectivity index (χ2v) is 2.61. The van der Waals surface area contributed by atoms with Crippen molar-refractivity contribution in [3.8, 4) is 0 Å². The maximum atomic E-state index is 9.73. The lowest BCUT2D eigenvalue weighted by molar-refractivity contribution is -0.389. The van der Waals surface area contributed by atoms with Crippen LogP contribution in [-0.4, -0.2) is 45.7 Å². The van der Waals surface area contributed by atoms with E-state index in [1.54, 1.807) is 0 Å². The van der Waals surface area contributed by atoms with Gasteiger partial charge in [-0.1, -0.05) is 0 Å². The van der Waals surface area contributed by atoms with E-state index < -0.39 is 22.7 Å². The molecule has 0 aliphatic heterocycles. The SMILES string of the molecule is O=S(=O)(O)OC(O)C(O)(O)O.P. The number of aliphatic hydroxyl groups excluding tert-OH is 1. The van der Waals surface area contributed by atoms with Gasteiger partial charge in [-0.2, -0.15) is 18.3 Å². The molecule has 8 nitrogen and oxygen atoms in total. The van der Waals surface area contributed by atoms with Crippen LogP contribution in [0.4, 0.5) is 0 Å². The molecule has 0 heterocycles. The third-order valence-electron chi connectivity index (χ3n) is 0.544. The third-order valence-corrected chi connectivity index (χ3v) is 0.970. The molecule has 0 aromatic rings. The molecular formula is C2H9O8PS. The molecule has 2 unspecified atom stereocenters. The highest BCUT2D eigenvalue weighted by Crippen LogP contribution is 2.05. The molecule has 0 rings (SSSR count). The summed E-state index contributed by atoms with van der Waals surface area (Å²) in [6.07, 6.45) is -2.86. The quantitative estimate of drug-likeness (QED) is 0.191. The third kappa shape index (κ3) is 6.83. The van der Waals surface area contributed by atoms with Crippen LogP contribution in [0, 0.1) is 0 Å². The van der Waals surface area contributed by atoms with Crippen LogP contribution in [0.1, 0.15) is 0 Å². The lowest BCUT2D eigenvalue weighted by Crippen LogP contribution is -2.44. The van der Waals surface area contributed by atoms with Crippen molar-refractivity contribution < 1.29 is 37.6 Å².